The van der Waals surface area contributed by atoms with Gasteiger partial charge in [-0.25, -0.2) is 0 Å². The minimum Gasteiger partial charge on any atom is -0.481 e. The first-order chi connectivity index (χ1) is 29.8. The number of aliphatic carboxylic acids is 1. The van der Waals surface area contributed by atoms with E-state index in [0.717, 1.165) is 0 Å². The molecule has 3 aliphatic rings. The third-order valence-electron chi connectivity index (χ3n) is 11.1. The van der Waals surface area contributed by atoms with Crippen molar-refractivity contribution in [1.82, 2.24) is 0 Å². The number of aliphatic hydroxyl groups excluding tert-OH is 9. The lowest BCUT2D eigenvalue weighted by Gasteiger charge is -2.45. The summed E-state index contributed by atoms with van der Waals surface area (Å²) in [6.45, 7) is 3.18. The Morgan fingerprint density at radius 2 is 1.27 bits per heavy atom. The van der Waals surface area contributed by atoms with Crippen LogP contribution in [0.1, 0.15) is 71.6 Å². The van der Waals surface area contributed by atoms with E-state index >= 15 is 0 Å². The Kier molecular flexibility index (Phi) is 23.2. The van der Waals surface area contributed by atoms with Gasteiger partial charge < -0.3 is 80.9 Å². The fourth-order valence-corrected chi connectivity index (χ4v) is 7.49. The number of carboxylic acids is 1. The number of carbonyl (C=O) groups excluding carboxylic acids is 1. The fourth-order valence-electron chi connectivity index (χ4n) is 7.49. The lowest BCUT2D eigenvalue weighted by molar-refractivity contribution is -0.305. The number of rotatable bonds is 3. The summed E-state index contributed by atoms with van der Waals surface area (Å²) in [7, 11) is 0. The molecule has 18 nitrogen and oxygen atoms in total. The molecule has 17 atom stereocenters. The molecule has 2 bridgehead atoms. The SMILES string of the molecule is C[C@H]1C[C@H](O)[C@@H](C)/C=C/C=C/C=C/C=C/C=C/C=C/C=C/[C@H](O[C@@H]2OC[C@@H](O)[C@H](N)[C@@H]2O)C[C@@H]2O[C@](O)(C[C@@H](O)C[C@@H](O)[C@H](O)CC[C@@H](O)C[C@@H](O)CC(=O)O1)C[C@H](O)[C@H]2C(=O)O. The number of carboxylic acid groups (broad SMARTS) is 1. The van der Waals surface area contributed by atoms with Gasteiger partial charge in [-0.1, -0.05) is 92.0 Å². The Morgan fingerprint density at radius 3 is 1.87 bits per heavy atom. The number of esters is 1. The lowest BCUT2D eigenvalue weighted by Crippen LogP contribution is -2.59. The topological polar surface area (TPSA) is 320 Å². The van der Waals surface area contributed by atoms with Gasteiger partial charge in [-0.05, 0) is 26.2 Å². The van der Waals surface area contributed by atoms with E-state index in [1.54, 1.807) is 79.8 Å². The standard InChI is InChI=1S/C45H69NO17/c1-27-15-13-11-9-7-5-3-4-6-8-10-12-14-16-32(62-44-42(56)41(46)37(54)26-60-44)23-38-40(43(57)58)36(53)25-45(59,63-38)24-31(49)21-35(52)33(50)18-17-29(47)20-30(48)22-39(55)61-28(2)19-34(27)51/h3-16,27-38,40-42,44,47-54,56,59H,17-26,46H2,1-2H3,(H,57,58)/b4-3+,7-5+,8-6+,11-9+,12-10+,15-13+,16-14+/t27-,28-,29+,30+,31-,32-,33+,34-,35+,36-,37+,38-,40+,41-,42-,44-,45+/m0/s1. The number of allylic oxidation sites excluding steroid dienone is 12. The van der Waals surface area contributed by atoms with E-state index in [2.05, 4.69) is 0 Å². The maximum absolute atomic E-state index is 12.5. The van der Waals surface area contributed by atoms with Crippen molar-refractivity contribution >= 4 is 11.9 Å². The number of cyclic esters (lactones) is 1. The molecule has 2 fully saturated rings. The van der Waals surface area contributed by atoms with Crippen molar-refractivity contribution in [3.8, 4) is 0 Å². The average Bonchev–Trinajstić information content (AvgIpc) is 3.18. The van der Waals surface area contributed by atoms with Gasteiger partial charge in [-0.2, -0.15) is 0 Å². The summed E-state index contributed by atoms with van der Waals surface area (Å²) in [6.07, 6.45) is 4.64. The Labute approximate surface area is 368 Å². The number of fused-ring (bicyclic) bond motifs is 2. The highest BCUT2D eigenvalue weighted by atomic mass is 16.7. The van der Waals surface area contributed by atoms with Crippen molar-refractivity contribution in [2.24, 2.45) is 17.6 Å². The molecule has 3 aliphatic heterocycles. The van der Waals surface area contributed by atoms with Crippen LogP contribution in [-0.4, -0.2) is 166 Å². The van der Waals surface area contributed by atoms with Crippen LogP contribution in [0.2, 0.25) is 0 Å². The summed E-state index contributed by atoms with van der Waals surface area (Å²) in [6, 6.07) is -1.12. The molecule has 2 saturated heterocycles. The second-order valence-electron chi connectivity index (χ2n) is 16.7. The summed E-state index contributed by atoms with van der Waals surface area (Å²) in [5.41, 5.74) is 5.92. The van der Waals surface area contributed by atoms with Crippen LogP contribution in [0.4, 0.5) is 0 Å². The lowest BCUT2D eigenvalue weighted by atomic mass is 9.82. The molecule has 13 N–H and O–H groups in total. The fraction of sp³-hybridized carbons (Fsp3) is 0.644. The molecule has 3 heterocycles. The second kappa shape index (κ2) is 27.1. The molecule has 0 saturated carbocycles. The summed E-state index contributed by atoms with van der Waals surface area (Å²) >= 11 is 0. The summed E-state index contributed by atoms with van der Waals surface area (Å²) in [5, 5.41) is 117. The van der Waals surface area contributed by atoms with Crippen molar-refractivity contribution < 1.29 is 84.7 Å². The van der Waals surface area contributed by atoms with Crippen LogP contribution in [0.3, 0.4) is 0 Å². The van der Waals surface area contributed by atoms with E-state index in [9.17, 15) is 65.8 Å². The molecule has 356 valence electrons. The van der Waals surface area contributed by atoms with Gasteiger partial charge in [0.25, 0.3) is 0 Å². The molecule has 0 aromatic rings. The molecule has 18 heteroatoms. The Hall–Kier alpha value is -3.44. The Bertz CT molecular complexity index is 1600. The third kappa shape index (κ3) is 19.3. The van der Waals surface area contributed by atoms with E-state index in [0.29, 0.717) is 0 Å². The molecule has 0 aromatic heterocycles. The van der Waals surface area contributed by atoms with Crippen LogP contribution in [0.5, 0.6) is 0 Å². The first-order valence-electron chi connectivity index (χ1n) is 21.4. The van der Waals surface area contributed by atoms with Crippen LogP contribution < -0.4 is 5.73 Å². The number of hydrogen-bond acceptors (Lipinski definition) is 17. The van der Waals surface area contributed by atoms with Gasteiger partial charge in [0, 0.05) is 38.0 Å². The highest BCUT2D eigenvalue weighted by molar-refractivity contribution is 5.71. The number of ether oxygens (including phenoxy) is 4. The van der Waals surface area contributed by atoms with Gasteiger partial charge in [0.2, 0.25) is 0 Å². The quantitative estimate of drug-likeness (QED) is 0.167. The maximum atomic E-state index is 12.5. The molecule has 3 rings (SSSR count). The molecule has 63 heavy (non-hydrogen) atoms. The normalized spacial score (nSPS) is 44.2. The van der Waals surface area contributed by atoms with Crippen molar-refractivity contribution in [1.29, 1.82) is 0 Å². The summed E-state index contributed by atoms with van der Waals surface area (Å²) < 4.78 is 22.7. The van der Waals surface area contributed by atoms with E-state index in [-0.39, 0.29) is 44.6 Å². The van der Waals surface area contributed by atoms with E-state index < -0.39 is 135 Å². The number of carbonyl (C=O) groups is 2. The first-order valence-corrected chi connectivity index (χ1v) is 21.4. The van der Waals surface area contributed by atoms with Gasteiger partial charge in [0.15, 0.2) is 12.1 Å². The van der Waals surface area contributed by atoms with Crippen LogP contribution >= 0.6 is 0 Å². The van der Waals surface area contributed by atoms with E-state index in [4.69, 9.17) is 24.7 Å². The monoisotopic (exact) mass is 895 g/mol. The Morgan fingerprint density at radius 1 is 0.683 bits per heavy atom. The summed E-state index contributed by atoms with van der Waals surface area (Å²) in [4.78, 5) is 24.9. The molecule has 0 spiro atoms. The minimum absolute atomic E-state index is 0.103. The number of hydrogen-bond donors (Lipinski definition) is 12. The number of nitrogens with two attached hydrogens (primary N) is 1. The molecular formula is C45H69NO17. The predicted molar refractivity (Wildman–Crippen MR) is 228 cm³/mol. The van der Waals surface area contributed by atoms with Gasteiger partial charge in [0.1, 0.15) is 18.1 Å². The predicted octanol–water partition coefficient (Wildman–Crippen LogP) is 0.0772. The third-order valence-corrected chi connectivity index (χ3v) is 11.1. The van der Waals surface area contributed by atoms with Crippen LogP contribution in [0.15, 0.2) is 85.1 Å². The molecule has 0 radical (unpaired) electrons. The molecule has 0 aliphatic carbocycles. The first kappa shape index (κ1) is 53.9. The van der Waals surface area contributed by atoms with Gasteiger partial charge >= 0.3 is 11.9 Å². The second-order valence-corrected chi connectivity index (χ2v) is 16.7. The molecule has 0 aromatic carbocycles. The highest BCUT2D eigenvalue weighted by Gasteiger charge is 2.50. The van der Waals surface area contributed by atoms with Crippen molar-refractivity contribution in [3.05, 3.63) is 85.1 Å². The zero-order chi connectivity index (χ0) is 46.7. The van der Waals surface area contributed by atoms with Gasteiger partial charge in [0.05, 0.1) is 80.1 Å². The molecular weight excluding hydrogens is 826 g/mol. The maximum Gasteiger partial charge on any atom is 0.311 e. The van der Waals surface area contributed by atoms with Gasteiger partial charge in [-0.15, -0.1) is 0 Å². The minimum atomic E-state index is -2.32. The van der Waals surface area contributed by atoms with Crippen LogP contribution in [0, 0.1) is 11.8 Å². The number of aliphatic hydroxyl groups is 10. The van der Waals surface area contributed by atoms with Crippen molar-refractivity contribution in [2.45, 2.75) is 163 Å². The van der Waals surface area contributed by atoms with E-state index in [1.165, 1.54) is 6.08 Å². The zero-order valence-electron chi connectivity index (χ0n) is 35.8. The molecule has 0 unspecified atom stereocenters. The van der Waals surface area contributed by atoms with Crippen LogP contribution in [-0.2, 0) is 28.5 Å². The Balaban J connectivity index is 1.83. The average molecular weight is 896 g/mol. The van der Waals surface area contributed by atoms with Crippen LogP contribution in [0.25, 0.3) is 0 Å². The smallest absolute Gasteiger partial charge is 0.311 e. The summed E-state index contributed by atoms with van der Waals surface area (Å²) in [5.74, 6) is -6.33. The largest absolute Gasteiger partial charge is 0.481 e. The van der Waals surface area contributed by atoms with Crippen molar-refractivity contribution in [3.63, 3.8) is 0 Å². The zero-order valence-corrected chi connectivity index (χ0v) is 35.8. The highest BCUT2D eigenvalue weighted by Crippen LogP contribution is 2.38. The van der Waals surface area contributed by atoms with Crippen molar-refractivity contribution in [2.75, 3.05) is 6.61 Å². The van der Waals surface area contributed by atoms with Gasteiger partial charge in [-0.3, -0.25) is 9.59 Å². The van der Waals surface area contributed by atoms with E-state index in [1.807, 2.05) is 13.0 Å². The molecule has 0 amide bonds.